The molecule has 0 radical (unpaired) electrons. The first-order valence-electron chi connectivity index (χ1n) is 11.9. The Hall–Kier alpha value is -3.02. The number of nitrogens with two attached hydrogens (primary N) is 1. The van der Waals surface area contributed by atoms with Crippen LogP contribution in [0.3, 0.4) is 0 Å². The van der Waals surface area contributed by atoms with Gasteiger partial charge in [-0.25, -0.2) is 4.98 Å². The van der Waals surface area contributed by atoms with Gasteiger partial charge in [-0.15, -0.1) is 0 Å². The van der Waals surface area contributed by atoms with Crippen LogP contribution in [0, 0.1) is 5.92 Å². The molecule has 0 saturated carbocycles. The van der Waals surface area contributed by atoms with Gasteiger partial charge in [0.25, 0.3) is 0 Å². The van der Waals surface area contributed by atoms with E-state index in [1.54, 1.807) is 0 Å². The van der Waals surface area contributed by atoms with Crippen LogP contribution in [0.25, 0.3) is 28.0 Å². The van der Waals surface area contributed by atoms with Crippen LogP contribution in [0.15, 0.2) is 55.1 Å². The van der Waals surface area contributed by atoms with Crippen molar-refractivity contribution in [1.29, 1.82) is 0 Å². The summed E-state index contributed by atoms with van der Waals surface area (Å²) in [4.78, 5) is 6.87. The maximum absolute atomic E-state index is 6.56. The molecule has 2 aromatic carbocycles. The maximum atomic E-state index is 6.56. The molecule has 3 aromatic rings. The van der Waals surface area contributed by atoms with Crippen molar-refractivity contribution in [3.05, 3.63) is 71.4 Å². The third-order valence-corrected chi connectivity index (χ3v) is 7.15. The Morgan fingerprint density at radius 3 is 2.62 bits per heavy atom. The second kappa shape index (κ2) is 9.32. The van der Waals surface area contributed by atoms with E-state index in [4.69, 9.17) is 22.1 Å². The molecule has 5 rings (SSSR count). The summed E-state index contributed by atoms with van der Waals surface area (Å²) in [5.74, 6) is 0.934. The molecule has 1 atom stereocenters. The number of nitrogens with zero attached hydrogens (tertiary/aromatic N) is 2. The molecule has 1 fully saturated rings. The van der Waals surface area contributed by atoms with Gasteiger partial charge >= 0.3 is 0 Å². The molecular formula is C28H31ClN4O. The van der Waals surface area contributed by atoms with E-state index in [0.29, 0.717) is 16.9 Å². The van der Waals surface area contributed by atoms with E-state index in [2.05, 4.69) is 84.2 Å². The number of nitrogen functional groups attached to an aromatic ring is 1. The Labute approximate surface area is 206 Å². The SMILES string of the molecule is C=C1NCCc2cc(-c3cc(-c4ccc(N5CCO[C@@H](C(C)C)C5)cc4)c(Cl)nc3N)ccc21. The van der Waals surface area contributed by atoms with Crippen LogP contribution in [0.5, 0.6) is 0 Å². The molecular weight excluding hydrogens is 444 g/mol. The van der Waals surface area contributed by atoms with Crippen molar-refractivity contribution in [2.75, 3.05) is 36.9 Å². The normalized spacial score (nSPS) is 18.1. The third kappa shape index (κ3) is 4.38. The van der Waals surface area contributed by atoms with Crippen LogP contribution in [-0.4, -0.2) is 37.3 Å². The number of anilines is 2. The first-order chi connectivity index (χ1) is 16.4. The molecule has 1 aromatic heterocycles. The molecule has 0 unspecified atom stereocenters. The number of halogens is 1. The second-order valence-corrected chi connectivity index (χ2v) is 9.79. The van der Waals surface area contributed by atoms with Crippen molar-refractivity contribution in [3.63, 3.8) is 0 Å². The van der Waals surface area contributed by atoms with Crippen LogP contribution in [-0.2, 0) is 11.2 Å². The molecule has 34 heavy (non-hydrogen) atoms. The van der Waals surface area contributed by atoms with Crippen LogP contribution in [0.1, 0.15) is 25.0 Å². The highest BCUT2D eigenvalue weighted by Crippen LogP contribution is 2.37. The zero-order valence-electron chi connectivity index (χ0n) is 19.8. The van der Waals surface area contributed by atoms with E-state index in [0.717, 1.165) is 66.2 Å². The molecule has 3 N–H and O–H groups in total. The van der Waals surface area contributed by atoms with Crippen LogP contribution in [0.4, 0.5) is 11.5 Å². The van der Waals surface area contributed by atoms with E-state index >= 15 is 0 Å². The minimum absolute atomic E-state index is 0.260. The van der Waals surface area contributed by atoms with Crippen molar-refractivity contribution in [3.8, 4) is 22.3 Å². The number of benzene rings is 2. The molecule has 1 saturated heterocycles. The standard InChI is InChI=1S/C28H31ClN4O/c1-17(2)26-16-33(12-13-34-26)22-7-4-19(5-8-22)24-15-25(28(30)32-27(24)29)20-6-9-23-18(3)31-11-10-21(23)14-20/h4-9,14-15,17,26,31H,3,10-13,16H2,1-2H3,(H2,30,32)/t26-/m1/s1. The number of fused-ring (bicyclic) bond motifs is 1. The zero-order chi connectivity index (χ0) is 23.8. The van der Waals surface area contributed by atoms with Crippen LogP contribution < -0.4 is 16.0 Å². The van der Waals surface area contributed by atoms with Gasteiger partial charge in [0.05, 0.1) is 12.7 Å². The lowest BCUT2D eigenvalue weighted by atomic mass is 9.93. The molecule has 176 valence electrons. The number of nitrogens with one attached hydrogen (secondary N) is 1. The summed E-state index contributed by atoms with van der Waals surface area (Å²) < 4.78 is 5.92. The smallest absolute Gasteiger partial charge is 0.139 e. The highest BCUT2D eigenvalue weighted by molar-refractivity contribution is 6.32. The molecule has 2 aliphatic heterocycles. The van der Waals surface area contributed by atoms with Crippen molar-refractivity contribution >= 4 is 28.8 Å². The molecule has 2 aliphatic rings. The van der Waals surface area contributed by atoms with Gasteiger partial charge in [-0.05, 0) is 47.2 Å². The van der Waals surface area contributed by atoms with Crippen LogP contribution in [0.2, 0.25) is 5.15 Å². The van der Waals surface area contributed by atoms with Crippen molar-refractivity contribution < 1.29 is 4.74 Å². The lowest BCUT2D eigenvalue weighted by Crippen LogP contribution is -2.44. The van der Waals surface area contributed by atoms with E-state index in [9.17, 15) is 0 Å². The van der Waals surface area contributed by atoms with Gasteiger partial charge in [0.15, 0.2) is 0 Å². The predicted molar refractivity (Wildman–Crippen MR) is 142 cm³/mol. The summed E-state index contributed by atoms with van der Waals surface area (Å²) in [6.07, 6.45) is 1.22. The van der Waals surface area contributed by atoms with Crippen LogP contribution >= 0.6 is 11.6 Å². The Kier molecular flexibility index (Phi) is 6.24. The van der Waals surface area contributed by atoms with E-state index < -0.39 is 0 Å². The van der Waals surface area contributed by atoms with Gasteiger partial charge in [0.1, 0.15) is 11.0 Å². The maximum Gasteiger partial charge on any atom is 0.139 e. The molecule has 0 aliphatic carbocycles. The fraction of sp³-hybridized carbons (Fsp3) is 0.321. The van der Waals surface area contributed by atoms with Gasteiger partial charge in [0.2, 0.25) is 0 Å². The van der Waals surface area contributed by atoms with E-state index in [1.807, 2.05) is 0 Å². The van der Waals surface area contributed by atoms with E-state index in [1.165, 1.54) is 11.3 Å². The van der Waals surface area contributed by atoms with Gasteiger partial charge in [-0.3, -0.25) is 0 Å². The predicted octanol–water partition coefficient (Wildman–Crippen LogP) is 5.63. The summed E-state index contributed by atoms with van der Waals surface area (Å²) in [7, 11) is 0. The topological polar surface area (TPSA) is 63.4 Å². The number of rotatable bonds is 4. The lowest BCUT2D eigenvalue weighted by Gasteiger charge is -2.36. The minimum atomic E-state index is 0.260. The number of aromatic nitrogens is 1. The Balaban J connectivity index is 1.45. The third-order valence-electron chi connectivity index (χ3n) is 6.86. The van der Waals surface area contributed by atoms with Gasteiger partial charge < -0.3 is 20.7 Å². The highest BCUT2D eigenvalue weighted by atomic mass is 35.5. The number of morpholine rings is 1. The Bertz CT molecular complexity index is 1220. The zero-order valence-corrected chi connectivity index (χ0v) is 20.5. The first-order valence-corrected chi connectivity index (χ1v) is 12.3. The monoisotopic (exact) mass is 474 g/mol. The number of hydrogen-bond acceptors (Lipinski definition) is 5. The summed E-state index contributed by atoms with van der Waals surface area (Å²) in [5.41, 5.74) is 14.7. The average molecular weight is 475 g/mol. The molecule has 5 nitrogen and oxygen atoms in total. The molecule has 3 heterocycles. The quantitative estimate of drug-likeness (QED) is 0.480. The molecule has 0 spiro atoms. The summed E-state index contributed by atoms with van der Waals surface area (Å²) in [5, 5.41) is 3.74. The van der Waals surface area contributed by atoms with Crippen molar-refractivity contribution in [2.45, 2.75) is 26.4 Å². The van der Waals surface area contributed by atoms with Gasteiger partial charge in [-0.2, -0.15) is 0 Å². The Morgan fingerprint density at radius 2 is 1.85 bits per heavy atom. The summed E-state index contributed by atoms with van der Waals surface area (Å²) >= 11 is 6.56. The Morgan fingerprint density at radius 1 is 1.09 bits per heavy atom. The second-order valence-electron chi connectivity index (χ2n) is 9.43. The largest absolute Gasteiger partial charge is 0.385 e. The molecule has 0 amide bonds. The summed E-state index contributed by atoms with van der Waals surface area (Å²) in [6, 6.07) is 17.0. The number of ether oxygens (including phenoxy) is 1. The molecule has 6 heteroatoms. The van der Waals surface area contributed by atoms with Crippen molar-refractivity contribution in [2.24, 2.45) is 5.92 Å². The van der Waals surface area contributed by atoms with Gasteiger partial charge in [0, 0.05) is 47.7 Å². The highest BCUT2D eigenvalue weighted by Gasteiger charge is 2.23. The molecule has 0 bridgehead atoms. The average Bonchev–Trinajstić information content (AvgIpc) is 2.84. The lowest BCUT2D eigenvalue weighted by molar-refractivity contribution is 0.0114. The number of pyridine rings is 1. The summed E-state index contributed by atoms with van der Waals surface area (Å²) in [6.45, 7) is 12.0. The first kappa shape index (κ1) is 22.8. The van der Waals surface area contributed by atoms with E-state index in [-0.39, 0.29) is 6.10 Å². The van der Waals surface area contributed by atoms with Gasteiger partial charge in [-0.1, -0.05) is 62.4 Å². The fourth-order valence-electron chi connectivity index (χ4n) is 4.81. The number of hydrogen-bond donors (Lipinski definition) is 2. The fourth-order valence-corrected chi connectivity index (χ4v) is 5.06. The minimum Gasteiger partial charge on any atom is -0.385 e. The van der Waals surface area contributed by atoms with Crippen molar-refractivity contribution in [1.82, 2.24) is 10.3 Å².